The van der Waals surface area contributed by atoms with Gasteiger partial charge in [0.25, 0.3) is 0 Å². The largest absolute Gasteiger partial charge is 0.467 e. The molecule has 31 heavy (non-hydrogen) atoms. The number of hydrogen-bond acceptors (Lipinski definition) is 6. The Morgan fingerprint density at radius 1 is 1.32 bits per heavy atom. The van der Waals surface area contributed by atoms with Crippen molar-refractivity contribution in [3.05, 3.63) is 63.9 Å². The fourth-order valence-electron chi connectivity index (χ4n) is 3.99. The molecule has 1 heterocycles. The van der Waals surface area contributed by atoms with E-state index in [0.717, 1.165) is 40.2 Å². The molecule has 1 N–H and O–H groups in total. The molecule has 0 aliphatic heterocycles. The lowest BCUT2D eigenvalue weighted by Crippen LogP contribution is -2.47. The number of fused-ring (bicyclic) bond motifs is 1. The molecular weight excluding hydrogens is 480 g/mol. The standard InChI is InChI=1S/C23H25BrN2O4S/c1-14(27)31-13-20(19-7-5-16-11-17(24)6-8-18(16)19)22(28)26-21(23(29)30-2)10-15-4-3-9-25-12-15/h3-4,6,8-9,11-12,19-21H,5,7,10,13H2,1-2H3,(H,26,28). The van der Waals surface area contributed by atoms with Crippen LogP contribution in [0.5, 0.6) is 0 Å². The van der Waals surface area contributed by atoms with Gasteiger partial charge in [0.05, 0.1) is 13.0 Å². The molecule has 3 unspecified atom stereocenters. The average molecular weight is 505 g/mol. The molecular formula is C23H25BrN2O4S. The van der Waals surface area contributed by atoms with E-state index >= 15 is 0 Å². The Morgan fingerprint density at radius 2 is 2.13 bits per heavy atom. The Hall–Kier alpha value is -2.19. The Morgan fingerprint density at radius 3 is 2.81 bits per heavy atom. The second-order valence-electron chi connectivity index (χ2n) is 7.55. The van der Waals surface area contributed by atoms with Crippen LogP contribution < -0.4 is 5.32 Å². The molecule has 0 saturated heterocycles. The van der Waals surface area contributed by atoms with Crippen molar-refractivity contribution in [3.8, 4) is 0 Å². The average Bonchev–Trinajstić information content (AvgIpc) is 3.16. The highest BCUT2D eigenvalue weighted by Gasteiger charge is 2.36. The first-order chi connectivity index (χ1) is 14.9. The Kier molecular flexibility index (Phi) is 8.26. The number of pyridine rings is 1. The minimum Gasteiger partial charge on any atom is -0.467 e. The van der Waals surface area contributed by atoms with Crippen LogP contribution in [0.3, 0.4) is 0 Å². The molecule has 164 valence electrons. The van der Waals surface area contributed by atoms with Crippen LogP contribution in [0.25, 0.3) is 0 Å². The number of nitrogens with zero attached hydrogens (tertiary/aromatic N) is 1. The molecule has 1 aliphatic rings. The number of amides is 1. The molecule has 3 rings (SSSR count). The summed E-state index contributed by atoms with van der Waals surface area (Å²) in [5.74, 6) is -0.828. The van der Waals surface area contributed by atoms with Crippen LogP contribution >= 0.6 is 27.7 Å². The van der Waals surface area contributed by atoms with Crippen LogP contribution in [-0.2, 0) is 32.0 Å². The van der Waals surface area contributed by atoms with E-state index in [1.165, 1.54) is 19.6 Å². The van der Waals surface area contributed by atoms with Crippen molar-refractivity contribution in [2.45, 2.75) is 38.1 Å². The zero-order valence-corrected chi connectivity index (χ0v) is 19.9. The van der Waals surface area contributed by atoms with Gasteiger partial charge < -0.3 is 10.1 Å². The SMILES string of the molecule is COC(=O)C(Cc1cccnc1)NC(=O)C(CSC(C)=O)C1CCc2cc(Br)ccc21. The van der Waals surface area contributed by atoms with Gasteiger partial charge in [0.2, 0.25) is 5.91 Å². The van der Waals surface area contributed by atoms with Crippen molar-refractivity contribution in [2.75, 3.05) is 12.9 Å². The zero-order chi connectivity index (χ0) is 22.4. The van der Waals surface area contributed by atoms with Crippen molar-refractivity contribution >= 4 is 44.7 Å². The number of rotatable bonds is 8. The van der Waals surface area contributed by atoms with Crippen molar-refractivity contribution in [2.24, 2.45) is 5.92 Å². The van der Waals surface area contributed by atoms with E-state index in [1.54, 1.807) is 18.5 Å². The van der Waals surface area contributed by atoms with Crippen LogP contribution in [0.2, 0.25) is 0 Å². The number of thioether (sulfide) groups is 1. The Labute approximate surface area is 194 Å². The molecule has 6 nitrogen and oxygen atoms in total. The van der Waals surface area contributed by atoms with Gasteiger partial charge in [0.1, 0.15) is 6.04 Å². The topological polar surface area (TPSA) is 85.4 Å². The van der Waals surface area contributed by atoms with Crippen molar-refractivity contribution in [1.29, 1.82) is 0 Å². The molecule has 0 saturated carbocycles. The summed E-state index contributed by atoms with van der Waals surface area (Å²) in [6.45, 7) is 1.50. The van der Waals surface area contributed by atoms with Gasteiger partial charge in [-0.3, -0.25) is 14.6 Å². The summed E-state index contributed by atoms with van der Waals surface area (Å²) in [5.41, 5.74) is 3.17. The molecule has 2 aromatic rings. The van der Waals surface area contributed by atoms with E-state index in [1.807, 2.05) is 18.2 Å². The normalized spacial score (nSPS) is 16.8. The fraction of sp³-hybridized carbons (Fsp3) is 0.391. The van der Waals surface area contributed by atoms with Crippen molar-refractivity contribution in [1.82, 2.24) is 10.3 Å². The first kappa shape index (κ1) is 23.5. The van der Waals surface area contributed by atoms with Gasteiger partial charge in [-0.05, 0) is 53.6 Å². The van der Waals surface area contributed by atoms with Gasteiger partial charge in [-0.25, -0.2) is 4.79 Å². The van der Waals surface area contributed by atoms with Crippen LogP contribution in [0.15, 0.2) is 47.2 Å². The smallest absolute Gasteiger partial charge is 0.328 e. The monoisotopic (exact) mass is 504 g/mol. The minimum atomic E-state index is -0.822. The van der Waals surface area contributed by atoms with E-state index in [2.05, 4.69) is 32.3 Å². The summed E-state index contributed by atoms with van der Waals surface area (Å²) in [6.07, 6.45) is 5.31. The van der Waals surface area contributed by atoms with E-state index in [-0.39, 0.29) is 23.4 Å². The van der Waals surface area contributed by atoms with Gasteiger partial charge >= 0.3 is 5.97 Å². The number of esters is 1. The fourth-order valence-corrected chi connectivity index (χ4v) is 5.19. The number of aromatic nitrogens is 1. The Balaban J connectivity index is 1.82. The summed E-state index contributed by atoms with van der Waals surface area (Å²) in [7, 11) is 1.30. The highest BCUT2D eigenvalue weighted by Crippen LogP contribution is 2.41. The van der Waals surface area contributed by atoms with Gasteiger partial charge in [-0.1, -0.05) is 39.8 Å². The predicted molar refractivity (Wildman–Crippen MR) is 124 cm³/mol. The third kappa shape index (κ3) is 6.17. The predicted octanol–water partition coefficient (Wildman–Crippen LogP) is 3.67. The number of carbonyl (C=O) groups is 3. The molecule has 0 spiro atoms. The molecule has 0 bridgehead atoms. The first-order valence-electron chi connectivity index (χ1n) is 10.1. The number of carbonyl (C=O) groups excluding carboxylic acids is 3. The number of nitrogens with one attached hydrogen (secondary N) is 1. The number of methoxy groups -OCH3 is 1. The van der Waals surface area contributed by atoms with Gasteiger partial charge in [-0.2, -0.15) is 0 Å². The summed E-state index contributed by atoms with van der Waals surface area (Å²) < 4.78 is 5.93. The summed E-state index contributed by atoms with van der Waals surface area (Å²) in [4.78, 5) is 41.5. The number of hydrogen-bond donors (Lipinski definition) is 1. The number of benzene rings is 1. The highest BCUT2D eigenvalue weighted by molar-refractivity contribution is 9.10. The van der Waals surface area contributed by atoms with E-state index < -0.39 is 17.9 Å². The molecule has 1 aromatic carbocycles. The quantitative estimate of drug-likeness (QED) is 0.552. The molecule has 1 amide bonds. The zero-order valence-electron chi connectivity index (χ0n) is 17.5. The van der Waals surface area contributed by atoms with E-state index in [4.69, 9.17) is 4.74 Å². The molecule has 0 radical (unpaired) electrons. The van der Waals surface area contributed by atoms with Gasteiger partial charge in [0, 0.05) is 36.0 Å². The summed E-state index contributed by atoms with van der Waals surface area (Å²) >= 11 is 4.65. The number of ether oxygens (including phenoxy) is 1. The number of aryl methyl sites for hydroxylation is 1. The molecule has 8 heteroatoms. The van der Waals surface area contributed by atoms with Crippen LogP contribution in [-0.4, -0.2) is 40.9 Å². The second kappa shape index (κ2) is 10.9. The third-order valence-electron chi connectivity index (χ3n) is 5.48. The van der Waals surface area contributed by atoms with Crippen LogP contribution in [0.1, 0.15) is 36.0 Å². The molecule has 0 fully saturated rings. The maximum atomic E-state index is 13.4. The number of halogens is 1. The summed E-state index contributed by atoms with van der Waals surface area (Å²) in [6, 6.07) is 8.92. The van der Waals surface area contributed by atoms with E-state index in [0.29, 0.717) is 5.75 Å². The van der Waals surface area contributed by atoms with Gasteiger partial charge in [0.15, 0.2) is 5.12 Å². The summed E-state index contributed by atoms with van der Waals surface area (Å²) in [5, 5.41) is 2.85. The van der Waals surface area contributed by atoms with Crippen LogP contribution in [0, 0.1) is 5.92 Å². The van der Waals surface area contributed by atoms with E-state index in [9.17, 15) is 14.4 Å². The van der Waals surface area contributed by atoms with Crippen LogP contribution in [0.4, 0.5) is 0 Å². The lowest BCUT2D eigenvalue weighted by molar-refractivity contribution is -0.145. The molecule has 1 aliphatic carbocycles. The maximum Gasteiger partial charge on any atom is 0.328 e. The van der Waals surface area contributed by atoms with Gasteiger partial charge in [-0.15, -0.1) is 0 Å². The third-order valence-corrected chi connectivity index (χ3v) is 6.91. The highest BCUT2D eigenvalue weighted by atomic mass is 79.9. The maximum absolute atomic E-state index is 13.4. The molecule has 3 atom stereocenters. The lowest BCUT2D eigenvalue weighted by atomic mass is 9.87. The Bertz CT molecular complexity index is 954. The van der Waals surface area contributed by atoms with Crippen molar-refractivity contribution in [3.63, 3.8) is 0 Å². The minimum absolute atomic E-state index is 0.00774. The lowest BCUT2D eigenvalue weighted by Gasteiger charge is -2.26. The first-order valence-corrected chi connectivity index (χ1v) is 11.9. The second-order valence-corrected chi connectivity index (χ2v) is 9.66. The van der Waals surface area contributed by atoms with Crippen molar-refractivity contribution < 1.29 is 19.1 Å². The molecule has 1 aromatic heterocycles.